The van der Waals surface area contributed by atoms with Crippen molar-refractivity contribution in [1.82, 2.24) is 0 Å². The second kappa shape index (κ2) is 8.80. The average molecular weight is 441 g/mol. The molecule has 0 radical (unpaired) electrons. The number of nitrogens with one attached hydrogen (secondary N) is 1. The number of nitrogens with zero attached hydrogens (tertiary/aromatic N) is 1. The molecule has 1 aromatic rings. The lowest BCUT2D eigenvalue weighted by Crippen LogP contribution is -2.27. The summed E-state index contributed by atoms with van der Waals surface area (Å²) in [6.45, 7) is 2.22. The summed E-state index contributed by atoms with van der Waals surface area (Å²) in [5, 5.41) is 2.73. The number of carbonyl (C=O) groups is 2. The molecule has 1 fully saturated rings. The first-order chi connectivity index (χ1) is 15.4. The fourth-order valence-corrected chi connectivity index (χ4v) is 3.55. The van der Waals surface area contributed by atoms with Gasteiger partial charge in [0.1, 0.15) is 11.8 Å². The fraction of sp³-hybridized carbons (Fsp3) is 0.217. The van der Waals surface area contributed by atoms with Gasteiger partial charge in [-0.2, -0.15) is 0 Å². The molecule has 0 bridgehead atoms. The monoisotopic (exact) mass is 441 g/mol. The summed E-state index contributed by atoms with van der Waals surface area (Å²) < 4.78 is 39.6. The Kier molecular flexibility index (Phi) is 5.91. The molecule has 1 saturated heterocycles. The van der Waals surface area contributed by atoms with Crippen LogP contribution < -0.4 is 16.0 Å². The van der Waals surface area contributed by atoms with Crippen molar-refractivity contribution in [1.29, 1.82) is 0 Å². The maximum Gasteiger partial charge on any atom is 0.414 e. The third-order valence-corrected chi connectivity index (χ3v) is 5.14. The lowest BCUT2D eigenvalue weighted by Gasteiger charge is -2.15. The Labute approximate surface area is 183 Å². The number of esters is 1. The van der Waals surface area contributed by atoms with Crippen molar-refractivity contribution in [3.8, 4) is 11.1 Å². The number of cyclic esters (lactones) is 1. The van der Waals surface area contributed by atoms with Gasteiger partial charge in [-0.05, 0) is 36.2 Å². The highest BCUT2D eigenvalue weighted by Crippen LogP contribution is 2.32. The molecular weight excluding hydrogens is 420 g/mol. The number of nitrogens with two attached hydrogens (primary N) is 1. The molecule has 2 aliphatic carbocycles. The van der Waals surface area contributed by atoms with Gasteiger partial charge in [0.2, 0.25) is 0 Å². The van der Waals surface area contributed by atoms with E-state index >= 15 is 0 Å². The standard InChI is InChI=1S/C23H21F2N3O4/c1-2-31-22(29)18-7-4-13-3-5-14(6-8-17(13)18)27-21-19(24)9-15(10-20(21)25)28-12-16(11-26)32-23(28)30/h3-10,16,27H,2,11-12,26H2,1H3/t16-/m0/s1. The van der Waals surface area contributed by atoms with Crippen LogP contribution in [0.15, 0.2) is 48.5 Å². The van der Waals surface area contributed by atoms with E-state index in [-0.39, 0.29) is 31.1 Å². The summed E-state index contributed by atoms with van der Waals surface area (Å²) in [5.41, 5.74) is 7.44. The molecule has 9 heteroatoms. The van der Waals surface area contributed by atoms with Crippen molar-refractivity contribution in [3.63, 3.8) is 0 Å². The van der Waals surface area contributed by atoms with Crippen molar-refractivity contribution in [2.45, 2.75) is 13.0 Å². The van der Waals surface area contributed by atoms with Gasteiger partial charge >= 0.3 is 12.1 Å². The second-order valence-electron chi connectivity index (χ2n) is 7.22. The quantitative estimate of drug-likeness (QED) is 0.555. The second-order valence-corrected chi connectivity index (χ2v) is 7.22. The number of fused-ring (bicyclic) bond motifs is 1. The zero-order chi connectivity index (χ0) is 22.8. The fourth-order valence-electron chi connectivity index (χ4n) is 3.55. The van der Waals surface area contributed by atoms with Gasteiger partial charge in [-0.25, -0.2) is 18.4 Å². The van der Waals surface area contributed by atoms with E-state index in [0.29, 0.717) is 16.8 Å². The Hall–Kier alpha value is -3.72. The van der Waals surface area contributed by atoms with Gasteiger partial charge in [-0.15, -0.1) is 0 Å². The van der Waals surface area contributed by atoms with E-state index in [1.807, 2.05) is 0 Å². The normalized spacial score (nSPS) is 15.7. The van der Waals surface area contributed by atoms with Gasteiger partial charge < -0.3 is 20.5 Å². The van der Waals surface area contributed by atoms with Crippen LogP contribution in [-0.2, 0) is 9.47 Å². The third-order valence-electron chi connectivity index (χ3n) is 5.14. The molecule has 32 heavy (non-hydrogen) atoms. The van der Waals surface area contributed by atoms with Gasteiger partial charge in [-0.1, -0.05) is 18.2 Å². The molecular formula is C23H21F2N3O4. The molecule has 4 rings (SSSR count). The SMILES string of the molecule is CCOC(=O)c1ccc2ccc(Nc3c(F)cc(N4C[C@H](CN)OC4=O)cc3F)ccc1-2. The number of benzene rings is 1. The molecule has 1 heterocycles. The van der Waals surface area contributed by atoms with E-state index in [1.165, 1.54) is 0 Å². The maximum absolute atomic E-state index is 14.8. The van der Waals surface area contributed by atoms with Crippen LogP contribution in [0, 0.1) is 11.6 Å². The average Bonchev–Trinajstić information content (AvgIpc) is 3.29. The van der Waals surface area contributed by atoms with Crippen molar-refractivity contribution < 1.29 is 27.8 Å². The molecule has 0 spiro atoms. The smallest absolute Gasteiger partial charge is 0.414 e. The number of halogens is 2. The van der Waals surface area contributed by atoms with Crippen LogP contribution in [-0.4, -0.2) is 37.9 Å². The molecule has 1 aliphatic heterocycles. The van der Waals surface area contributed by atoms with Gasteiger partial charge in [-0.3, -0.25) is 4.90 Å². The Balaban J connectivity index is 1.60. The van der Waals surface area contributed by atoms with Gasteiger partial charge in [0.25, 0.3) is 0 Å². The first-order valence-corrected chi connectivity index (χ1v) is 10.1. The molecule has 0 aromatic heterocycles. The number of ether oxygens (including phenoxy) is 2. The van der Waals surface area contributed by atoms with Crippen LogP contribution in [0.25, 0.3) is 11.1 Å². The van der Waals surface area contributed by atoms with Crippen molar-refractivity contribution in [2.75, 3.05) is 29.9 Å². The first kappa shape index (κ1) is 21.5. The van der Waals surface area contributed by atoms with Crippen LogP contribution in [0.2, 0.25) is 0 Å². The zero-order valence-electron chi connectivity index (χ0n) is 17.2. The van der Waals surface area contributed by atoms with Crippen molar-refractivity contribution in [3.05, 3.63) is 65.7 Å². The van der Waals surface area contributed by atoms with Crippen LogP contribution >= 0.6 is 0 Å². The van der Waals surface area contributed by atoms with E-state index in [9.17, 15) is 18.4 Å². The Morgan fingerprint density at radius 2 is 1.88 bits per heavy atom. The molecule has 1 amide bonds. The predicted molar refractivity (Wildman–Crippen MR) is 115 cm³/mol. The van der Waals surface area contributed by atoms with Gasteiger partial charge in [0.05, 0.1) is 24.4 Å². The summed E-state index contributed by atoms with van der Waals surface area (Å²) in [7, 11) is 0. The molecule has 7 nitrogen and oxygen atoms in total. The van der Waals surface area contributed by atoms with Gasteiger partial charge in [0, 0.05) is 24.4 Å². The number of rotatable bonds is 6. The first-order valence-electron chi connectivity index (χ1n) is 10.1. The molecule has 0 unspecified atom stereocenters. The minimum absolute atomic E-state index is 0.0444. The minimum atomic E-state index is -0.873. The topological polar surface area (TPSA) is 93.9 Å². The van der Waals surface area contributed by atoms with Crippen LogP contribution in [0.5, 0.6) is 0 Å². The number of carbonyl (C=O) groups excluding carboxylic acids is 2. The highest BCUT2D eigenvalue weighted by molar-refractivity contribution is 5.99. The maximum atomic E-state index is 14.8. The zero-order valence-corrected chi connectivity index (χ0v) is 17.2. The Morgan fingerprint density at radius 3 is 2.53 bits per heavy atom. The van der Waals surface area contributed by atoms with Crippen molar-refractivity contribution >= 4 is 29.1 Å². The van der Waals surface area contributed by atoms with E-state index < -0.39 is 29.8 Å². The molecule has 0 saturated carbocycles. The highest BCUT2D eigenvalue weighted by atomic mass is 19.1. The molecule has 166 valence electrons. The molecule has 1 atom stereocenters. The van der Waals surface area contributed by atoms with Crippen LogP contribution in [0.1, 0.15) is 17.3 Å². The van der Waals surface area contributed by atoms with Crippen LogP contribution in [0.3, 0.4) is 0 Å². The summed E-state index contributed by atoms with van der Waals surface area (Å²) in [6.07, 6.45) is -1.23. The lowest BCUT2D eigenvalue weighted by atomic mass is 10.1. The molecule has 1 aromatic carbocycles. The number of hydrogen-bond acceptors (Lipinski definition) is 6. The number of anilines is 3. The van der Waals surface area contributed by atoms with E-state index in [4.69, 9.17) is 15.2 Å². The predicted octanol–water partition coefficient (Wildman–Crippen LogP) is 4.27. The van der Waals surface area contributed by atoms with E-state index in [1.54, 1.807) is 43.3 Å². The highest BCUT2D eigenvalue weighted by Gasteiger charge is 2.32. The summed E-state index contributed by atoms with van der Waals surface area (Å²) >= 11 is 0. The largest absolute Gasteiger partial charge is 0.462 e. The van der Waals surface area contributed by atoms with Crippen LogP contribution in [0.4, 0.5) is 30.6 Å². The van der Waals surface area contributed by atoms with Crippen molar-refractivity contribution in [2.24, 2.45) is 5.73 Å². The minimum Gasteiger partial charge on any atom is -0.462 e. The molecule has 3 N–H and O–H groups in total. The Morgan fingerprint density at radius 1 is 1.19 bits per heavy atom. The van der Waals surface area contributed by atoms with E-state index in [2.05, 4.69) is 5.32 Å². The van der Waals surface area contributed by atoms with Gasteiger partial charge in [0.15, 0.2) is 11.6 Å². The number of hydrogen-bond donors (Lipinski definition) is 2. The molecule has 3 aliphatic rings. The lowest BCUT2D eigenvalue weighted by molar-refractivity contribution is 0.0527. The summed E-state index contributed by atoms with van der Waals surface area (Å²) in [4.78, 5) is 25.2. The number of amides is 1. The Bertz CT molecular complexity index is 1130. The summed E-state index contributed by atoms with van der Waals surface area (Å²) in [6, 6.07) is 12.2. The third kappa shape index (κ3) is 4.06. The van der Waals surface area contributed by atoms with E-state index in [0.717, 1.165) is 22.6 Å². The summed E-state index contributed by atoms with van der Waals surface area (Å²) in [5.74, 6) is -2.18.